The maximum Gasteiger partial charge on any atom is 0.220 e. The molecule has 0 radical (unpaired) electrons. The zero-order chi connectivity index (χ0) is 10.2. The van der Waals surface area contributed by atoms with Gasteiger partial charge in [-0.15, -0.1) is 0 Å². The molecule has 1 N–H and O–H groups in total. The monoisotopic (exact) mass is 201 g/mol. The summed E-state index contributed by atoms with van der Waals surface area (Å²) in [7, 11) is 1.64. The Morgan fingerprint density at radius 3 is 3.14 bits per heavy atom. The summed E-state index contributed by atoms with van der Waals surface area (Å²) >= 11 is 0. The zero-order valence-corrected chi connectivity index (χ0v) is 8.75. The Hall–Kier alpha value is -0.610. The molecule has 1 rings (SSSR count). The van der Waals surface area contributed by atoms with E-state index in [9.17, 15) is 4.79 Å². The van der Waals surface area contributed by atoms with E-state index in [1.54, 1.807) is 7.11 Å². The van der Waals surface area contributed by atoms with Crippen molar-refractivity contribution in [2.45, 2.75) is 31.8 Å². The molecule has 1 fully saturated rings. The third kappa shape index (κ3) is 4.58. The number of amides is 1. The highest BCUT2D eigenvalue weighted by Gasteiger charge is 2.15. The highest BCUT2D eigenvalue weighted by atomic mass is 16.5. The van der Waals surface area contributed by atoms with Gasteiger partial charge in [0, 0.05) is 33.3 Å². The van der Waals surface area contributed by atoms with Gasteiger partial charge >= 0.3 is 0 Å². The van der Waals surface area contributed by atoms with Crippen molar-refractivity contribution in [2.24, 2.45) is 0 Å². The van der Waals surface area contributed by atoms with Crippen LogP contribution in [-0.2, 0) is 14.3 Å². The van der Waals surface area contributed by atoms with Crippen molar-refractivity contribution in [3.8, 4) is 0 Å². The van der Waals surface area contributed by atoms with Crippen LogP contribution in [0.2, 0.25) is 0 Å². The average molecular weight is 201 g/mol. The number of nitrogens with one attached hydrogen (secondary N) is 1. The Balaban J connectivity index is 1.96. The highest BCUT2D eigenvalue weighted by Crippen LogP contribution is 2.10. The zero-order valence-electron chi connectivity index (χ0n) is 8.75. The number of rotatable bonds is 6. The summed E-state index contributed by atoms with van der Waals surface area (Å²) in [6.07, 6.45) is 3.75. The summed E-state index contributed by atoms with van der Waals surface area (Å²) in [5.41, 5.74) is 0. The van der Waals surface area contributed by atoms with E-state index < -0.39 is 0 Å². The van der Waals surface area contributed by atoms with E-state index in [-0.39, 0.29) is 12.0 Å². The summed E-state index contributed by atoms with van der Waals surface area (Å²) in [6, 6.07) is 0. The summed E-state index contributed by atoms with van der Waals surface area (Å²) in [6.45, 7) is 2.14. The third-order valence-corrected chi connectivity index (χ3v) is 2.30. The minimum absolute atomic E-state index is 0.0950. The largest absolute Gasteiger partial charge is 0.385 e. The number of carbonyl (C=O) groups excluding carboxylic acids is 1. The van der Waals surface area contributed by atoms with E-state index in [0.717, 1.165) is 25.9 Å². The van der Waals surface area contributed by atoms with E-state index in [1.165, 1.54) is 0 Å². The standard InChI is InChI=1S/C10H19NO3/c1-13-6-3-5-10(12)11-8-9-4-2-7-14-9/h9H,2-8H2,1H3,(H,11,12). The number of carbonyl (C=O) groups is 1. The van der Waals surface area contributed by atoms with Crippen LogP contribution >= 0.6 is 0 Å². The van der Waals surface area contributed by atoms with Crippen LogP contribution in [0.25, 0.3) is 0 Å². The van der Waals surface area contributed by atoms with Crippen LogP contribution in [0.5, 0.6) is 0 Å². The van der Waals surface area contributed by atoms with Crippen molar-refractivity contribution in [3.05, 3.63) is 0 Å². The van der Waals surface area contributed by atoms with Crippen LogP contribution in [-0.4, -0.2) is 38.9 Å². The SMILES string of the molecule is COCCCC(=O)NCC1CCCO1. The number of hydrogen-bond acceptors (Lipinski definition) is 3. The first kappa shape index (κ1) is 11.5. The minimum atomic E-state index is 0.0950. The molecule has 4 heteroatoms. The van der Waals surface area contributed by atoms with Gasteiger partial charge in [-0.2, -0.15) is 0 Å². The van der Waals surface area contributed by atoms with Crippen LogP contribution in [0.15, 0.2) is 0 Å². The van der Waals surface area contributed by atoms with Gasteiger partial charge in [-0.3, -0.25) is 4.79 Å². The predicted octanol–water partition coefficient (Wildman–Crippen LogP) is 0.708. The summed E-state index contributed by atoms with van der Waals surface area (Å²) in [5.74, 6) is 0.0950. The lowest BCUT2D eigenvalue weighted by molar-refractivity contribution is -0.121. The Morgan fingerprint density at radius 2 is 2.50 bits per heavy atom. The Bertz CT molecular complexity index is 167. The van der Waals surface area contributed by atoms with Gasteiger partial charge in [-0.25, -0.2) is 0 Å². The van der Waals surface area contributed by atoms with Crippen molar-refractivity contribution in [2.75, 3.05) is 26.9 Å². The van der Waals surface area contributed by atoms with Crippen molar-refractivity contribution >= 4 is 5.91 Å². The molecule has 14 heavy (non-hydrogen) atoms. The molecule has 0 bridgehead atoms. The van der Waals surface area contributed by atoms with Gasteiger partial charge in [-0.05, 0) is 19.3 Å². The van der Waals surface area contributed by atoms with Gasteiger partial charge in [0.15, 0.2) is 0 Å². The average Bonchev–Trinajstić information content (AvgIpc) is 2.68. The van der Waals surface area contributed by atoms with E-state index in [2.05, 4.69) is 5.32 Å². The molecular weight excluding hydrogens is 182 g/mol. The second-order valence-corrected chi connectivity index (χ2v) is 3.54. The second-order valence-electron chi connectivity index (χ2n) is 3.54. The van der Waals surface area contributed by atoms with Crippen LogP contribution in [0.4, 0.5) is 0 Å². The van der Waals surface area contributed by atoms with Crippen molar-refractivity contribution in [3.63, 3.8) is 0 Å². The lowest BCUT2D eigenvalue weighted by Gasteiger charge is -2.10. The Labute approximate surface area is 85.0 Å². The molecule has 1 atom stereocenters. The molecule has 1 saturated heterocycles. The van der Waals surface area contributed by atoms with Gasteiger partial charge in [0.05, 0.1) is 6.10 Å². The molecule has 0 aliphatic carbocycles. The van der Waals surface area contributed by atoms with Crippen LogP contribution in [0.3, 0.4) is 0 Å². The number of methoxy groups -OCH3 is 1. The topological polar surface area (TPSA) is 47.6 Å². The molecule has 1 amide bonds. The number of hydrogen-bond donors (Lipinski definition) is 1. The first-order valence-corrected chi connectivity index (χ1v) is 5.20. The van der Waals surface area contributed by atoms with Crippen LogP contribution < -0.4 is 5.32 Å². The molecule has 82 valence electrons. The third-order valence-electron chi connectivity index (χ3n) is 2.30. The molecule has 0 aromatic carbocycles. The Morgan fingerprint density at radius 1 is 1.64 bits per heavy atom. The Kier molecular flexibility index (Phi) is 5.56. The van der Waals surface area contributed by atoms with Crippen molar-refractivity contribution < 1.29 is 14.3 Å². The summed E-state index contributed by atoms with van der Waals surface area (Å²) in [5, 5.41) is 2.86. The fourth-order valence-electron chi connectivity index (χ4n) is 1.50. The summed E-state index contributed by atoms with van der Waals surface area (Å²) < 4.78 is 10.3. The predicted molar refractivity (Wildman–Crippen MR) is 53.1 cm³/mol. The van der Waals surface area contributed by atoms with E-state index in [4.69, 9.17) is 9.47 Å². The van der Waals surface area contributed by atoms with Gasteiger partial charge in [-0.1, -0.05) is 0 Å². The molecule has 1 heterocycles. The normalized spacial score (nSPS) is 21.1. The minimum Gasteiger partial charge on any atom is -0.385 e. The maximum atomic E-state index is 11.3. The van der Waals surface area contributed by atoms with E-state index in [0.29, 0.717) is 19.6 Å². The highest BCUT2D eigenvalue weighted by molar-refractivity contribution is 5.75. The molecule has 0 aromatic rings. The van der Waals surface area contributed by atoms with Crippen molar-refractivity contribution in [1.29, 1.82) is 0 Å². The van der Waals surface area contributed by atoms with Gasteiger partial charge < -0.3 is 14.8 Å². The van der Waals surface area contributed by atoms with Crippen molar-refractivity contribution in [1.82, 2.24) is 5.32 Å². The van der Waals surface area contributed by atoms with E-state index in [1.807, 2.05) is 0 Å². The summed E-state index contributed by atoms with van der Waals surface area (Å²) in [4.78, 5) is 11.3. The molecule has 0 saturated carbocycles. The molecule has 0 spiro atoms. The lowest BCUT2D eigenvalue weighted by atomic mass is 10.2. The molecule has 1 aliphatic heterocycles. The lowest BCUT2D eigenvalue weighted by Crippen LogP contribution is -2.31. The fraction of sp³-hybridized carbons (Fsp3) is 0.900. The van der Waals surface area contributed by atoms with Gasteiger partial charge in [0.2, 0.25) is 5.91 Å². The van der Waals surface area contributed by atoms with Gasteiger partial charge in [0.1, 0.15) is 0 Å². The second kappa shape index (κ2) is 6.79. The fourth-order valence-corrected chi connectivity index (χ4v) is 1.50. The maximum absolute atomic E-state index is 11.3. The molecule has 0 aromatic heterocycles. The molecule has 1 unspecified atom stereocenters. The smallest absolute Gasteiger partial charge is 0.220 e. The first-order chi connectivity index (χ1) is 6.83. The quantitative estimate of drug-likeness (QED) is 0.644. The molecule has 4 nitrogen and oxygen atoms in total. The van der Waals surface area contributed by atoms with E-state index >= 15 is 0 Å². The number of ether oxygens (including phenoxy) is 2. The molecular formula is C10H19NO3. The van der Waals surface area contributed by atoms with Crippen LogP contribution in [0.1, 0.15) is 25.7 Å². The van der Waals surface area contributed by atoms with Gasteiger partial charge in [0.25, 0.3) is 0 Å². The molecule has 1 aliphatic rings. The van der Waals surface area contributed by atoms with Crippen LogP contribution in [0, 0.1) is 0 Å². The first-order valence-electron chi connectivity index (χ1n) is 5.20.